The van der Waals surface area contributed by atoms with Crippen LogP contribution in [0.15, 0.2) is 24.5 Å². The Balaban J connectivity index is 2.77. The fourth-order valence-corrected chi connectivity index (χ4v) is 2.12. The number of aliphatic hydroxyl groups is 1. The Bertz CT molecular complexity index is 392. The Labute approximate surface area is 114 Å². The Hall–Kier alpha value is -1.42. The van der Waals surface area contributed by atoms with E-state index in [1.54, 1.807) is 24.5 Å². The quantitative estimate of drug-likeness (QED) is 0.803. The second-order valence-corrected chi connectivity index (χ2v) is 5.18. The van der Waals surface area contributed by atoms with Gasteiger partial charge in [0.25, 0.3) is 0 Å². The van der Waals surface area contributed by atoms with E-state index in [1.807, 2.05) is 27.7 Å². The van der Waals surface area contributed by atoms with Crippen molar-refractivity contribution in [2.45, 2.75) is 46.3 Å². The van der Waals surface area contributed by atoms with Gasteiger partial charge in [-0.2, -0.15) is 0 Å². The summed E-state index contributed by atoms with van der Waals surface area (Å²) in [5.74, 6) is -0.297. The van der Waals surface area contributed by atoms with Crippen LogP contribution < -0.4 is 0 Å². The second-order valence-electron chi connectivity index (χ2n) is 5.18. The van der Waals surface area contributed by atoms with E-state index in [0.29, 0.717) is 12.0 Å². The molecule has 0 aromatic carbocycles. The van der Waals surface area contributed by atoms with Crippen LogP contribution in [0.2, 0.25) is 0 Å². The van der Waals surface area contributed by atoms with Gasteiger partial charge in [0.05, 0.1) is 11.7 Å². The lowest BCUT2D eigenvalue weighted by Gasteiger charge is -2.30. The molecule has 0 saturated carbocycles. The van der Waals surface area contributed by atoms with Gasteiger partial charge in [0, 0.05) is 18.3 Å². The van der Waals surface area contributed by atoms with Crippen molar-refractivity contribution in [3.63, 3.8) is 0 Å². The van der Waals surface area contributed by atoms with Crippen LogP contribution in [0.5, 0.6) is 0 Å². The van der Waals surface area contributed by atoms with Crippen LogP contribution in [0.25, 0.3) is 0 Å². The first-order chi connectivity index (χ1) is 8.97. The number of aliphatic hydroxyl groups excluding tert-OH is 1. The molecule has 4 heteroatoms. The summed E-state index contributed by atoms with van der Waals surface area (Å²) in [6.45, 7) is 7.81. The molecule has 0 fully saturated rings. The minimum Gasteiger partial charge on any atom is -0.458 e. The number of pyridine rings is 1. The van der Waals surface area contributed by atoms with Crippen molar-refractivity contribution in [2.75, 3.05) is 0 Å². The highest BCUT2D eigenvalue weighted by molar-refractivity contribution is 5.89. The Morgan fingerprint density at radius 1 is 1.32 bits per heavy atom. The molecular formula is C15H23NO3. The van der Waals surface area contributed by atoms with Crippen molar-refractivity contribution in [1.82, 2.24) is 4.98 Å². The third-order valence-corrected chi connectivity index (χ3v) is 3.36. The van der Waals surface area contributed by atoms with E-state index in [2.05, 4.69) is 4.98 Å². The number of ether oxygens (including phenoxy) is 1. The summed E-state index contributed by atoms with van der Waals surface area (Å²) in [7, 11) is 0. The van der Waals surface area contributed by atoms with Crippen molar-refractivity contribution in [3.8, 4) is 0 Å². The fraction of sp³-hybridized carbons (Fsp3) is 0.600. The van der Waals surface area contributed by atoms with Crippen LogP contribution in [0.4, 0.5) is 0 Å². The normalized spacial score (nSPS) is 15.9. The SMILES string of the molecule is CC[C@H](O)[C@H](C)[C@@H](OC(=O)c1ccncc1)C(C)C. The maximum absolute atomic E-state index is 12.0. The average molecular weight is 265 g/mol. The van der Waals surface area contributed by atoms with E-state index in [0.717, 1.165) is 0 Å². The standard InChI is InChI=1S/C15H23NO3/c1-5-13(17)11(4)14(10(2)3)19-15(18)12-6-8-16-9-7-12/h6-11,13-14,17H,5H2,1-4H3/t11-,13-,14-/m0/s1. The van der Waals surface area contributed by atoms with Gasteiger partial charge in [-0.25, -0.2) is 4.79 Å². The third kappa shape index (κ3) is 4.31. The number of rotatable bonds is 6. The first kappa shape index (κ1) is 15.6. The third-order valence-electron chi connectivity index (χ3n) is 3.36. The summed E-state index contributed by atoms with van der Waals surface area (Å²) in [5, 5.41) is 9.93. The number of hydrogen-bond donors (Lipinski definition) is 1. The molecule has 1 rings (SSSR count). The maximum Gasteiger partial charge on any atom is 0.338 e. The molecule has 0 aliphatic carbocycles. The molecule has 0 radical (unpaired) electrons. The lowest BCUT2D eigenvalue weighted by atomic mass is 9.89. The summed E-state index contributed by atoms with van der Waals surface area (Å²) in [4.78, 5) is 15.9. The zero-order valence-corrected chi connectivity index (χ0v) is 12.0. The molecule has 0 spiro atoms. The maximum atomic E-state index is 12.0. The van der Waals surface area contributed by atoms with Crippen molar-refractivity contribution < 1.29 is 14.6 Å². The van der Waals surface area contributed by atoms with Gasteiger partial charge in [-0.05, 0) is 24.5 Å². The zero-order chi connectivity index (χ0) is 14.4. The van der Waals surface area contributed by atoms with Gasteiger partial charge < -0.3 is 9.84 Å². The number of nitrogens with zero attached hydrogens (tertiary/aromatic N) is 1. The van der Waals surface area contributed by atoms with Crippen LogP contribution in [0, 0.1) is 11.8 Å². The predicted molar refractivity (Wildman–Crippen MR) is 73.7 cm³/mol. The summed E-state index contributed by atoms with van der Waals surface area (Å²) in [6.07, 6.45) is 3.02. The van der Waals surface area contributed by atoms with E-state index < -0.39 is 6.10 Å². The molecule has 106 valence electrons. The molecule has 0 aliphatic rings. The molecule has 4 nitrogen and oxygen atoms in total. The molecule has 19 heavy (non-hydrogen) atoms. The molecule has 0 saturated heterocycles. The van der Waals surface area contributed by atoms with Crippen LogP contribution in [-0.2, 0) is 4.74 Å². The monoisotopic (exact) mass is 265 g/mol. The lowest BCUT2D eigenvalue weighted by molar-refractivity contribution is -0.0316. The average Bonchev–Trinajstić information content (AvgIpc) is 2.43. The van der Waals surface area contributed by atoms with E-state index in [4.69, 9.17) is 4.74 Å². The Morgan fingerprint density at radius 3 is 2.37 bits per heavy atom. The van der Waals surface area contributed by atoms with Gasteiger partial charge in [-0.3, -0.25) is 4.98 Å². The largest absolute Gasteiger partial charge is 0.458 e. The molecule has 3 atom stereocenters. The molecule has 0 unspecified atom stereocenters. The van der Waals surface area contributed by atoms with Crippen LogP contribution in [0.1, 0.15) is 44.5 Å². The summed E-state index contributed by atoms with van der Waals surface area (Å²) < 4.78 is 5.56. The topological polar surface area (TPSA) is 59.4 Å². The van der Waals surface area contributed by atoms with Gasteiger partial charge in [-0.15, -0.1) is 0 Å². The van der Waals surface area contributed by atoms with E-state index in [-0.39, 0.29) is 23.9 Å². The zero-order valence-electron chi connectivity index (χ0n) is 12.0. The molecule has 0 bridgehead atoms. The second kappa shape index (κ2) is 7.24. The first-order valence-electron chi connectivity index (χ1n) is 6.76. The molecule has 1 aromatic heterocycles. The predicted octanol–water partition coefficient (Wildman–Crippen LogP) is 2.67. The van der Waals surface area contributed by atoms with Gasteiger partial charge in [0.1, 0.15) is 6.10 Å². The highest BCUT2D eigenvalue weighted by Gasteiger charge is 2.29. The van der Waals surface area contributed by atoms with Crippen molar-refractivity contribution in [2.24, 2.45) is 11.8 Å². The number of carbonyl (C=O) groups excluding carboxylic acids is 1. The van der Waals surface area contributed by atoms with Crippen LogP contribution in [-0.4, -0.2) is 28.3 Å². The number of aromatic nitrogens is 1. The van der Waals surface area contributed by atoms with Gasteiger partial charge >= 0.3 is 5.97 Å². The van der Waals surface area contributed by atoms with E-state index in [9.17, 15) is 9.90 Å². The number of hydrogen-bond acceptors (Lipinski definition) is 4. The molecule has 1 heterocycles. The van der Waals surface area contributed by atoms with Crippen molar-refractivity contribution in [3.05, 3.63) is 30.1 Å². The molecule has 0 aliphatic heterocycles. The van der Waals surface area contributed by atoms with Crippen molar-refractivity contribution in [1.29, 1.82) is 0 Å². The highest BCUT2D eigenvalue weighted by Crippen LogP contribution is 2.22. The van der Waals surface area contributed by atoms with Gasteiger partial charge in [-0.1, -0.05) is 27.7 Å². The van der Waals surface area contributed by atoms with E-state index in [1.165, 1.54) is 0 Å². The summed E-state index contributed by atoms with van der Waals surface area (Å²) in [5.41, 5.74) is 0.485. The van der Waals surface area contributed by atoms with E-state index >= 15 is 0 Å². The minimum absolute atomic E-state index is 0.0872. The smallest absolute Gasteiger partial charge is 0.338 e. The fourth-order valence-electron chi connectivity index (χ4n) is 2.12. The Kier molecular flexibility index (Phi) is 5.96. The van der Waals surface area contributed by atoms with Gasteiger partial charge in [0.15, 0.2) is 0 Å². The molecular weight excluding hydrogens is 242 g/mol. The van der Waals surface area contributed by atoms with Gasteiger partial charge in [0.2, 0.25) is 0 Å². The summed E-state index contributed by atoms with van der Waals surface area (Å²) >= 11 is 0. The summed E-state index contributed by atoms with van der Waals surface area (Å²) in [6, 6.07) is 3.25. The van der Waals surface area contributed by atoms with Crippen LogP contribution >= 0.6 is 0 Å². The number of esters is 1. The molecule has 0 amide bonds. The molecule has 1 N–H and O–H groups in total. The highest BCUT2D eigenvalue weighted by atomic mass is 16.5. The Morgan fingerprint density at radius 2 is 1.89 bits per heavy atom. The van der Waals surface area contributed by atoms with Crippen molar-refractivity contribution >= 4 is 5.97 Å². The van der Waals surface area contributed by atoms with Crippen LogP contribution in [0.3, 0.4) is 0 Å². The first-order valence-corrected chi connectivity index (χ1v) is 6.76. The molecule has 1 aromatic rings. The number of carbonyl (C=O) groups is 1. The minimum atomic E-state index is -0.461. The lowest BCUT2D eigenvalue weighted by Crippen LogP contribution is -2.36.